The van der Waals surface area contributed by atoms with Gasteiger partial charge in [0.1, 0.15) is 0 Å². The van der Waals surface area contributed by atoms with Crippen molar-refractivity contribution in [2.24, 2.45) is 11.3 Å². The van der Waals surface area contributed by atoms with E-state index in [1.165, 1.54) is 5.57 Å². The minimum atomic E-state index is 0.361. The van der Waals surface area contributed by atoms with Crippen molar-refractivity contribution in [3.63, 3.8) is 0 Å². The fourth-order valence-electron chi connectivity index (χ4n) is 1.16. The molecule has 4 heteroatoms. The lowest BCUT2D eigenvalue weighted by Gasteiger charge is -2.29. The van der Waals surface area contributed by atoms with E-state index in [9.17, 15) is 0 Å². The Morgan fingerprint density at radius 1 is 1.25 bits per heavy atom. The van der Waals surface area contributed by atoms with Crippen molar-refractivity contribution in [1.29, 1.82) is 10.8 Å². The molecular weight excluding hydrogens is 204 g/mol. The third-order valence-electron chi connectivity index (χ3n) is 2.46. The Bertz CT molecular complexity index is 317. The van der Waals surface area contributed by atoms with E-state index in [4.69, 9.17) is 20.4 Å². The molecule has 0 aromatic rings. The van der Waals surface area contributed by atoms with E-state index >= 15 is 0 Å². The maximum atomic E-state index is 8.35. The molecule has 0 spiro atoms. The average molecular weight is 222 g/mol. The van der Waals surface area contributed by atoms with Gasteiger partial charge >= 0.3 is 0 Å². The standard InChI is InChI=1S/C10H16.2CHNO/c1-8-5-6-10(3,4)9(2)7-8;2*2-1-3/h5-7,9H,1-4H3;2*2H. The van der Waals surface area contributed by atoms with Crippen LogP contribution in [0.25, 0.3) is 0 Å². The topological polar surface area (TPSA) is 81.8 Å². The summed E-state index contributed by atoms with van der Waals surface area (Å²) in [4.78, 5) is 16.7. The summed E-state index contributed by atoms with van der Waals surface area (Å²) >= 11 is 0. The fraction of sp³-hybridized carbons (Fsp3) is 0.500. The molecule has 2 N–H and O–H groups in total. The van der Waals surface area contributed by atoms with Crippen LogP contribution < -0.4 is 0 Å². The Balaban J connectivity index is 0. The Morgan fingerprint density at radius 2 is 1.62 bits per heavy atom. The van der Waals surface area contributed by atoms with Gasteiger partial charge in [0, 0.05) is 0 Å². The fourth-order valence-corrected chi connectivity index (χ4v) is 1.16. The lowest BCUT2D eigenvalue weighted by molar-refractivity contribution is 0.362. The van der Waals surface area contributed by atoms with Gasteiger partial charge in [-0.15, -0.1) is 0 Å². The van der Waals surface area contributed by atoms with Crippen LogP contribution in [-0.4, -0.2) is 12.2 Å². The van der Waals surface area contributed by atoms with Gasteiger partial charge in [-0.1, -0.05) is 44.6 Å². The van der Waals surface area contributed by atoms with E-state index in [0.29, 0.717) is 11.3 Å². The normalized spacial score (nSPS) is 19.8. The largest absolute Gasteiger partial charge is 0.231 e. The van der Waals surface area contributed by atoms with Gasteiger partial charge in [-0.25, -0.2) is 20.4 Å². The molecule has 0 fully saturated rings. The first kappa shape index (κ1) is 16.7. The quantitative estimate of drug-likeness (QED) is 0.488. The van der Waals surface area contributed by atoms with Crippen LogP contribution in [0.4, 0.5) is 0 Å². The van der Waals surface area contributed by atoms with E-state index in [1.54, 1.807) is 0 Å². The molecule has 0 aliphatic heterocycles. The molecule has 1 aliphatic rings. The van der Waals surface area contributed by atoms with Crippen LogP contribution in [-0.2, 0) is 9.59 Å². The molecule has 88 valence electrons. The third kappa shape index (κ3) is 7.63. The number of carbonyl (C=O) groups excluding carboxylic acids is 2. The Morgan fingerprint density at radius 3 is 1.88 bits per heavy atom. The van der Waals surface area contributed by atoms with Gasteiger partial charge in [-0.05, 0) is 18.3 Å². The van der Waals surface area contributed by atoms with Gasteiger partial charge in [0.05, 0.1) is 0 Å². The van der Waals surface area contributed by atoms with Crippen molar-refractivity contribution in [3.8, 4) is 0 Å². The van der Waals surface area contributed by atoms with Crippen LogP contribution in [0.2, 0.25) is 0 Å². The van der Waals surface area contributed by atoms with Crippen LogP contribution >= 0.6 is 0 Å². The van der Waals surface area contributed by atoms with Crippen molar-refractivity contribution in [3.05, 3.63) is 23.8 Å². The molecule has 0 radical (unpaired) electrons. The minimum absolute atomic E-state index is 0.361. The van der Waals surface area contributed by atoms with E-state index in [2.05, 4.69) is 45.9 Å². The van der Waals surface area contributed by atoms with Crippen molar-refractivity contribution in [1.82, 2.24) is 0 Å². The highest BCUT2D eigenvalue weighted by molar-refractivity contribution is 5.26. The monoisotopic (exact) mass is 222 g/mol. The predicted octanol–water partition coefficient (Wildman–Crippen LogP) is 2.97. The number of allylic oxidation sites excluding steroid dienone is 4. The van der Waals surface area contributed by atoms with Crippen molar-refractivity contribution >= 4 is 12.2 Å². The van der Waals surface area contributed by atoms with Crippen LogP contribution in [0.3, 0.4) is 0 Å². The van der Waals surface area contributed by atoms with Gasteiger partial charge in [0.25, 0.3) is 0 Å². The first-order valence-electron chi connectivity index (χ1n) is 4.81. The Hall–Kier alpha value is -1.76. The molecular formula is C12H18N2O2. The summed E-state index contributed by atoms with van der Waals surface area (Å²) in [5, 5.41) is 10.8. The molecule has 0 aromatic carbocycles. The minimum Gasteiger partial charge on any atom is -0.222 e. The summed E-state index contributed by atoms with van der Waals surface area (Å²) in [6.45, 7) is 8.98. The van der Waals surface area contributed by atoms with Crippen LogP contribution in [0, 0.1) is 22.2 Å². The second kappa shape index (κ2) is 8.54. The SMILES string of the molecule is CC1=CC(C)C(C)(C)C=C1.N=C=O.N=C=O. The first-order valence-corrected chi connectivity index (χ1v) is 4.81. The number of hydrogen-bond donors (Lipinski definition) is 2. The summed E-state index contributed by atoms with van der Waals surface area (Å²) in [7, 11) is 0. The molecule has 1 aliphatic carbocycles. The maximum Gasteiger partial charge on any atom is 0.231 e. The van der Waals surface area contributed by atoms with Crippen LogP contribution in [0.15, 0.2) is 23.8 Å². The van der Waals surface area contributed by atoms with Gasteiger partial charge in [-0.3, -0.25) is 0 Å². The highest BCUT2D eigenvalue weighted by atomic mass is 16.1. The summed E-state index contributed by atoms with van der Waals surface area (Å²) in [5.74, 6) is 0.678. The van der Waals surface area contributed by atoms with Gasteiger partial charge in [-0.2, -0.15) is 0 Å². The predicted molar refractivity (Wildman–Crippen MR) is 62.7 cm³/mol. The zero-order valence-electron chi connectivity index (χ0n) is 10.1. The second-order valence-corrected chi connectivity index (χ2v) is 4.06. The highest BCUT2D eigenvalue weighted by Crippen LogP contribution is 2.33. The number of hydrogen-bond acceptors (Lipinski definition) is 4. The number of rotatable bonds is 0. The van der Waals surface area contributed by atoms with Gasteiger partial charge in [0.2, 0.25) is 12.2 Å². The average Bonchev–Trinajstić information content (AvgIpc) is 2.15. The van der Waals surface area contributed by atoms with Crippen molar-refractivity contribution < 1.29 is 9.59 Å². The van der Waals surface area contributed by atoms with E-state index in [-0.39, 0.29) is 0 Å². The van der Waals surface area contributed by atoms with Crippen LogP contribution in [0.5, 0.6) is 0 Å². The summed E-state index contributed by atoms with van der Waals surface area (Å²) < 4.78 is 0. The smallest absolute Gasteiger partial charge is 0.222 e. The van der Waals surface area contributed by atoms with Gasteiger partial charge < -0.3 is 0 Å². The lowest BCUT2D eigenvalue weighted by Crippen LogP contribution is -2.19. The molecule has 1 unspecified atom stereocenters. The molecule has 1 atom stereocenters. The zero-order valence-corrected chi connectivity index (χ0v) is 10.1. The summed E-state index contributed by atoms with van der Waals surface area (Å²) in [5.41, 5.74) is 1.76. The molecule has 0 saturated heterocycles. The lowest BCUT2D eigenvalue weighted by atomic mass is 9.76. The van der Waals surface area contributed by atoms with Gasteiger partial charge in [0.15, 0.2) is 0 Å². The van der Waals surface area contributed by atoms with E-state index in [1.807, 2.05) is 0 Å². The first-order chi connectivity index (χ1) is 7.35. The Labute approximate surface area is 96.1 Å². The highest BCUT2D eigenvalue weighted by Gasteiger charge is 2.22. The molecule has 0 heterocycles. The van der Waals surface area contributed by atoms with Crippen LogP contribution in [0.1, 0.15) is 27.7 Å². The second-order valence-electron chi connectivity index (χ2n) is 4.06. The third-order valence-corrected chi connectivity index (χ3v) is 2.46. The van der Waals surface area contributed by atoms with Crippen molar-refractivity contribution in [2.75, 3.05) is 0 Å². The van der Waals surface area contributed by atoms with E-state index in [0.717, 1.165) is 12.2 Å². The molecule has 0 saturated carbocycles. The zero-order chi connectivity index (χ0) is 13.2. The summed E-state index contributed by atoms with van der Waals surface area (Å²) in [6.07, 6.45) is 8.34. The molecule has 16 heavy (non-hydrogen) atoms. The molecule has 0 aromatic heterocycles. The Kier molecular flexibility index (Phi) is 8.89. The van der Waals surface area contributed by atoms with Crippen molar-refractivity contribution in [2.45, 2.75) is 27.7 Å². The molecule has 0 amide bonds. The molecule has 1 rings (SSSR count). The maximum absolute atomic E-state index is 8.35. The number of isocyanates is 2. The number of nitrogens with one attached hydrogen (secondary N) is 2. The molecule has 4 nitrogen and oxygen atoms in total. The summed E-state index contributed by atoms with van der Waals surface area (Å²) in [6, 6.07) is 0. The van der Waals surface area contributed by atoms with E-state index < -0.39 is 0 Å². The molecule has 0 bridgehead atoms.